The summed E-state index contributed by atoms with van der Waals surface area (Å²) in [6, 6.07) is 10.7. The van der Waals surface area contributed by atoms with E-state index in [0.29, 0.717) is 18.1 Å². The van der Waals surface area contributed by atoms with Crippen LogP contribution in [0.2, 0.25) is 0 Å². The van der Waals surface area contributed by atoms with Crippen LogP contribution in [0.1, 0.15) is 50.5 Å². The summed E-state index contributed by atoms with van der Waals surface area (Å²) in [5, 5.41) is 10.1. The minimum absolute atomic E-state index is 0.0395. The molecule has 5 saturated carbocycles. The molecule has 5 aliphatic rings. The summed E-state index contributed by atoms with van der Waals surface area (Å²) in [5.74, 6) is 3.65. The SMILES string of the molecule is CN(C[C@H]1C[C@]1(CO)c1ccccc1)C12CC3CC(CC(C3)C1)C2. The van der Waals surface area contributed by atoms with Crippen molar-refractivity contribution in [2.24, 2.45) is 23.7 Å². The average Bonchev–Trinajstić information content (AvgIpc) is 3.29. The van der Waals surface area contributed by atoms with Crippen LogP contribution in [0.3, 0.4) is 0 Å². The van der Waals surface area contributed by atoms with Crippen molar-refractivity contribution >= 4 is 0 Å². The van der Waals surface area contributed by atoms with Crippen molar-refractivity contribution in [3.63, 3.8) is 0 Å². The lowest BCUT2D eigenvalue weighted by Crippen LogP contribution is -2.59. The number of aliphatic hydroxyl groups excluding tert-OH is 1. The highest BCUT2D eigenvalue weighted by molar-refractivity contribution is 5.34. The van der Waals surface area contributed by atoms with Crippen molar-refractivity contribution in [3.8, 4) is 0 Å². The Morgan fingerprint density at radius 2 is 1.54 bits per heavy atom. The van der Waals surface area contributed by atoms with Gasteiger partial charge in [0.2, 0.25) is 0 Å². The Kier molecular flexibility index (Phi) is 3.41. The van der Waals surface area contributed by atoms with Gasteiger partial charge in [-0.1, -0.05) is 30.3 Å². The third kappa shape index (κ3) is 2.22. The zero-order valence-corrected chi connectivity index (χ0v) is 15.0. The maximum atomic E-state index is 10.1. The van der Waals surface area contributed by atoms with Crippen LogP contribution < -0.4 is 0 Å². The van der Waals surface area contributed by atoms with Gasteiger partial charge >= 0.3 is 0 Å². The van der Waals surface area contributed by atoms with Gasteiger partial charge in [-0.05, 0) is 81.2 Å². The fourth-order valence-corrected chi connectivity index (χ4v) is 7.09. The van der Waals surface area contributed by atoms with Crippen molar-refractivity contribution < 1.29 is 5.11 Å². The molecule has 0 aromatic heterocycles. The molecule has 5 fully saturated rings. The van der Waals surface area contributed by atoms with Crippen LogP contribution in [0, 0.1) is 23.7 Å². The molecule has 0 heterocycles. The first-order valence-electron chi connectivity index (χ1n) is 10.0. The maximum Gasteiger partial charge on any atom is 0.0531 e. The number of hydrogen-bond donors (Lipinski definition) is 1. The lowest BCUT2D eigenvalue weighted by molar-refractivity contribution is -0.0810. The molecule has 0 radical (unpaired) electrons. The summed E-state index contributed by atoms with van der Waals surface area (Å²) in [7, 11) is 2.39. The first-order valence-corrected chi connectivity index (χ1v) is 10.0. The molecule has 0 spiro atoms. The molecule has 0 saturated heterocycles. The predicted octanol–water partition coefficient (Wildman–Crippen LogP) is 3.84. The molecule has 1 aromatic carbocycles. The van der Waals surface area contributed by atoms with E-state index in [-0.39, 0.29) is 5.41 Å². The zero-order chi connectivity index (χ0) is 16.4. The van der Waals surface area contributed by atoms with Crippen LogP contribution in [0.5, 0.6) is 0 Å². The van der Waals surface area contributed by atoms with E-state index in [1.54, 1.807) is 0 Å². The van der Waals surface area contributed by atoms with Crippen molar-refractivity contribution in [1.82, 2.24) is 4.90 Å². The van der Waals surface area contributed by atoms with E-state index in [2.05, 4.69) is 42.3 Å². The maximum absolute atomic E-state index is 10.1. The highest BCUT2D eigenvalue weighted by atomic mass is 16.3. The van der Waals surface area contributed by atoms with Crippen LogP contribution in [0.15, 0.2) is 30.3 Å². The molecule has 2 heteroatoms. The lowest BCUT2D eigenvalue weighted by Gasteiger charge is -2.60. The lowest BCUT2D eigenvalue weighted by atomic mass is 9.52. The number of rotatable bonds is 5. The fraction of sp³-hybridized carbons (Fsp3) is 0.727. The van der Waals surface area contributed by atoms with E-state index >= 15 is 0 Å². The van der Waals surface area contributed by atoms with Crippen molar-refractivity contribution in [3.05, 3.63) is 35.9 Å². The van der Waals surface area contributed by atoms with Gasteiger partial charge in [-0.15, -0.1) is 0 Å². The summed E-state index contributed by atoms with van der Waals surface area (Å²) in [6.07, 6.45) is 10.0. The predicted molar refractivity (Wildman–Crippen MR) is 96.8 cm³/mol. The third-order valence-corrected chi connectivity index (χ3v) is 8.17. The van der Waals surface area contributed by atoms with E-state index in [1.807, 2.05) is 0 Å². The standard InChI is InChI=1S/C22H31NO/c1-23(21-10-16-7-17(11-21)9-18(8-16)12-21)14-20-13-22(20,15-24)19-5-3-2-4-6-19/h2-6,16-18,20,24H,7-15H2,1H3/t16?,17?,18?,20-,21?,22+/m1/s1. The van der Waals surface area contributed by atoms with Crippen molar-refractivity contribution in [1.29, 1.82) is 0 Å². The molecule has 4 bridgehead atoms. The first-order chi connectivity index (χ1) is 11.6. The molecule has 0 unspecified atom stereocenters. The summed E-state index contributed by atoms with van der Waals surface area (Å²) in [6.45, 7) is 1.47. The van der Waals surface area contributed by atoms with Gasteiger partial charge in [0.15, 0.2) is 0 Å². The monoisotopic (exact) mass is 325 g/mol. The highest BCUT2D eigenvalue weighted by Crippen LogP contribution is 2.59. The van der Waals surface area contributed by atoms with Gasteiger partial charge in [0.25, 0.3) is 0 Å². The molecule has 2 atom stereocenters. The van der Waals surface area contributed by atoms with E-state index in [1.165, 1.54) is 50.6 Å². The minimum atomic E-state index is 0.0395. The summed E-state index contributed by atoms with van der Waals surface area (Å²) in [4.78, 5) is 2.74. The van der Waals surface area contributed by atoms with E-state index in [9.17, 15) is 5.11 Å². The number of hydrogen-bond acceptors (Lipinski definition) is 2. The molecular weight excluding hydrogens is 294 g/mol. The Bertz CT molecular complexity index is 576. The zero-order valence-electron chi connectivity index (χ0n) is 15.0. The second kappa shape index (κ2) is 5.32. The second-order valence-electron chi connectivity index (χ2n) is 9.60. The highest BCUT2D eigenvalue weighted by Gasteiger charge is 2.58. The van der Waals surface area contributed by atoms with Gasteiger partial charge in [-0.3, -0.25) is 0 Å². The first kappa shape index (κ1) is 15.4. The molecule has 24 heavy (non-hydrogen) atoms. The third-order valence-electron chi connectivity index (χ3n) is 8.17. The molecule has 5 aliphatic carbocycles. The van der Waals surface area contributed by atoms with E-state index in [0.717, 1.165) is 24.2 Å². The molecule has 2 nitrogen and oxygen atoms in total. The summed E-state index contributed by atoms with van der Waals surface area (Å²) >= 11 is 0. The molecule has 130 valence electrons. The van der Waals surface area contributed by atoms with Crippen LogP contribution in [-0.2, 0) is 5.41 Å². The van der Waals surface area contributed by atoms with Crippen LogP contribution in [0.4, 0.5) is 0 Å². The van der Waals surface area contributed by atoms with Gasteiger partial charge in [-0.25, -0.2) is 0 Å². The summed E-state index contributed by atoms with van der Waals surface area (Å²) < 4.78 is 0. The molecule has 1 aromatic rings. The Morgan fingerprint density at radius 3 is 2.08 bits per heavy atom. The topological polar surface area (TPSA) is 23.5 Å². The smallest absolute Gasteiger partial charge is 0.0531 e. The van der Waals surface area contributed by atoms with Crippen LogP contribution in [0.25, 0.3) is 0 Å². The number of benzene rings is 1. The normalized spacial score (nSPS) is 45.8. The average molecular weight is 325 g/mol. The Balaban J connectivity index is 1.32. The van der Waals surface area contributed by atoms with Gasteiger partial charge in [0, 0.05) is 17.5 Å². The molecule has 1 N–H and O–H groups in total. The van der Waals surface area contributed by atoms with Gasteiger partial charge in [0.05, 0.1) is 6.61 Å². The Labute approximate surface area is 146 Å². The van der Waals surface area contributed by atoms with Gasteiger partial charge in [0.1, 0.15) is 0 Å². The molecule has 0 aliphatic heterocycles. The molecule has 0 amide bonds. The summed E-state index contributed by atoms with van der Waals surface area (Å²) in [5.41, 5.74) is 1.88. The number of aliphatic hydroxyl groups is 1. The van der Waals surface area contributed by atoms with Gasteiger partial charge < -0.3 is 10.0 Å². The van der Waals surface area contributed by atoms with Crippen LogP contribution >= 0.6 is 0 Å². The van der Waals surface area contributed by atoms with Crippen molar-refractivity contribution in [2.75, 3.05) is 20.2 Å². The van der Waals surface area contributed by atoms with E-state index < -0.39 is 0 Å². The second-order valence-corrected chi connectivity index (χ2v) is 9.60. The Morgan fingerprint density at radius 1 is 0.958 bits per heavy atom. The fourth-order valence-electron chi connectivity index (χ4n) is 7.09. The largest absolute Gasteiger partial charge is 0.395 e. The minimum Gasteiger partial charge on any atom is -0.395 e. The quantitative estimate of drug-likeness (QED) is 0.889. The molecule has 6 rings (SSSR count). The van der Waals surface area contributed by atoms with Crippen LogP contribution in [-0.4, -0.2) is 35.7 Å². The van der Waals surface area contributed by atoms with Crippen molar-refractivity contribution in [2.45, 2.75) is 55.9 Å². The van der Waals surface area contributed by atoms with E-state index in [4.69, 9.17) is 0 Å². The Hall–Kier alpha value is -0.860. The van der Waals surface area contributed by atoms with Gasteiger partial charge in [-0.2, -0.15) is 0 Å². The number of nitrogens with zero attached hydrogens (tertiary/aromatic N) is 1. The molecular formula is C22H31NO.